The number of esters is 3. The van der Waals surface area contributed by atoms with Crippen LogP contribution >= 0.6 is 7.82 Å². The molecule has 0 aliphatic heterocycles. The Bertz CT molecular complexity index is 1330. The van der Waals surface area contributed by atoms with Gasteiger partial charge in [0.05, 0.1) is 19.8 Å². The average molecular weight is 1100 g/mol. The highest BCUT2D eigenvalue weighted by Crippen LogP contribution is 2.43. The van der Waals surface area contributed by atoms with Gasteiger partial charge in [-0.05, 0) is 44.9 Å². The Morgan fingerprint density at radius 1 is 0.355 bits per heavy atom. The molecule has 0 heterocycles. The van der Waals surface area contributed by atoms with Gasteiger partial charge in [0.25, 0.3) is 0 Å². The maximum absolute atomic E-state index is 12.9. The minimum Gasteiger partial charge on any atom is -0.462 e. The number of phosphoric ester groups is 1. The van der Waals surface area contributed by atoms with Crippen LogP contribution in [0.1, 0.15) is 342 Å². The highest BCUT2D eigenvalue weighted by atomic mass is 31.2. The van der Waals surface area contributed by atoms with E-state index in [9.17, 15) is 28.9 Å². The first kappa shape index (κ1) is 74.2. The van der Waals surface area contributed by atoms with Gasteiger partial charge in [-0.3, -0.25) is 23.4 Å². The van der Waals surface area contributed by atoms with Crippen molar-refractivity contribution in [2.24, 2.45) is 0 Å². The Kier molecular flexibility index (Phi) is 58.0. The van der Waals surface area contributed by atoms with Gasteiger partial charge in [-0.1, -0.05) is 290 Å². The number of unbranched alkanes of at least 4 members (excludes halogenated alkanes) is 43. The number of carbonyl (C=O) groups is 3. The molecule has 0 saturated heterocycles. The third-order valence-corrected chi connectivity index (χ3v) is 15.6. The second-order valence-electron chi connectivity index (χ2n) is 22.3. The van der Waals surface area contributed by atoms with Gasteiger partial charge in [-0.2, -0.15) is 0 Å². The van der Waals surface area contributed by atoms with E-state index in [1.165, 1.54) is 218 Å². The third-order valence-electron chi connectivity index (χ3n) is 14.7. The van der Waals surface area contributed by atoms with Gasteiger partial charge < -0.3 is 24.2 Å². The van der Waals surface area contributed by atoms with Crippen LogP contribution in [0, 0.1) is 0 Å². The molecule has 0 bridgehead atoms. The maximum atomic E-state index is 12.9. The summed E-state index contributed by atoms with van der Waals surface area (Å²) in [5.74, 6) is -1.43. The molecule has 0 aromatic carbocycles. The topological polar surface area (TPSA) is 155 Å². The van der Waals surface area contributed by atoms with E-state index in [0.29, 0.717) is 19.3 Å². The van der Waals surface area contributed by atoms with Crippen molar-refractivity contribution in [2.45, 2.75) is 354 Å². The molecule has 0 radical (unpaired) electrons. The first-order chi connectivity index (χ1) is 37.2. The van der Waals surface area contributed by atoms with Gasteiger partial charge in [0.15, 0.2) is 6.10 Å². The molecular weight excluding hydrogens is 976 g/mol. The molecule has 0 rings (SSSR count). The molecule has 0 fully saturated rings. The summed E-state index contributed by atoms with van der Waals surface area (Å²) in [4.78, 5) is 48.7. The van der Waals surface area contributed by atoms with Crippen LogP contribution in [0.5, 0.6) is 0 Å². The lowest BCUT2D eigenvalue weighted by Crippen LogP contribution is -2.30. The predicted octanol–water partition coefficient (Wildman–Crippen LogP) is 19.6. The average Bonchev–Trinajstić information content (AvgIpc) is 3.41. The smallest absolute Gasteiger partial charge is 0.462 e. The van der Waals surface area contributed by atoms with E-state index in [0.717, 1.165) is 64.2 Å². The number of hydrogen-bond donors (Lipinski definition) is 2. The summed E-state index contributed by atoms with van der Waals surface area (Å²) in [6, 6.07) is 0. The van der Waals surface area contributed by atoms with E-state index in [2.05, 4.69) is 32.9 Å². The van der Waals surface area contributed by atoms with Gasteiger partial charge in [-0.25, -0.2) is 4.57 Å². The Labute approximate surface area is 468 Å². The van der Waals surface area contributed by atoms with Crippen molar-refractivity contribution in [3.8, 4) is 0 Å². The van der Waals surface area contributed by atoms with E-state index in [-0.39, 0.29) is 25.9 Å². The van der Waals surface area contributed by atoms with Gasteiger partial charge in [0.2, 0.25) is 0 Å². The van der Waals surface area contributed by atoms with Gasteiger partial charge in [0, 0.05) is 19.3 Å². The molecule has 12 heteroatoms. The van der Waals surface area contributed by atoms with E-state index in [4.69, 9.17) is 23.3 Å². The lowest BCUT2D eigenvalue weighted by molar-refractivity contribution is -0.161. The number of hydrogen-bond acceptors (Lipinski definition) is 10. The molecule has 2 N–H and O–H groups in total. The minimum atomic E-state index is -4.74. The Morgan fingerprint density at radius 2 is 0.605 bits per heavy atom. The predicted molar refractivity (Wildman–Crippen MR) is 317 cm³/mol. The number of carbonyl (C=O) groups excluding carboxylic acids is 3. The molecule has 3 unspecified atom stereocenters. The quantitative estimate of drug-likeness (QED) is 0.0197. The Hall–Kier alpha value is -1.78. The molecule has 450 valence electrons. The van der Waals surface area contributed by atoms with E-state index >= 15 is 0 Å². The zero-order chi connectivity index (χ0) is 55.5. The van der Waals surface area contributed by atoms with Crippen molar-refractivity contribution >= 4 is 25.7 Å². The molecule has 0 aromatic rings. The lowest BCUT2D eigenvalue weighted by atomic mass is 10.0. The van der Waals surface area contributed by atoms with Gasteiger partial charge in [-0.15, -0.1) is 0 Å². The van der Waals surface area contributed by atoms with Crippen LogP contribution in [-0.4, -0.2) is 66.5 Å². The van der Waals surface area contributed by atoms with Crippen molar-refractivity contribution < 1.29 is 52.2 Å². The standard InChI is InChI=1S/C64H123O11P/c1-4-7-10-13-16-19-22-25-28-30-33-36-39-42-45-48-51-54-63(67)74-60(56-65)58-72-76(69,70)73-59-61(57-71-62(66)53-50-47-44-41-38-35-32-27-24-21-18-15-12-9-6-3)75-64(68)55-52-49-46-43-40-37-34-31-29-26-23-20-17-14-11-8-5-2/h26,29,60-61,65H,4-25,27-28,30-59H2,1-3H3,(H,69,70)/b29-26-. The van der Waals surface area contributed by atoms with Gasteiger partial charge >= 0.3 is 25.7 Å². The third kappa shape index (κ3) is 56.9. The number of phosphoric acid groups is 1. The fourth-order valence-corrected chi connectivity index (χ4v) is 10.5. The largest absolute Gasteiger partial charge is 0.472 e. The fourth-order valence-electron chi connectivity index (χ4n) is 9.71. The Balaban J connectivity index is 4.63. The zero-order valence-electron chi connectivity index (χ0n) is 50.0. The zero-order valence-corrected chi connectivity index (χ0v) is 50.9. The monoisotopic (exact) mass is 1100 g/mol. The van der Waals surface area contributed by atoms with Crippen molar-refractivity contribution in [3.63, 3.8) is 0 Å². The minimum absolute atomic E-state index is 0.170. The second-order valence-corrected chi connectivity index (χ2v) is 23.8. The van der Waals surface area contributed by atoms with Crippen molar-refractivity contribution in [1.82, 2.24) is 0 Å². The number of rotatable bonds is 62. The van der Waals surface area contributed by atoms with Crippen LogP contribution in [-0.2, 0) is 42.2 Å². The first-order valence-corrected chi connectivity index (χ1v) is 34.1. The number of aliphatic hydroxyl groups is 1. The maximum Gasteiger partial charge on any atom is 0.472 e. The van der Waals surface area contributed by atoms with Crippen LogP contribution in [0.2, 0.25) is 0 Å². The summed E-state index contributed by atoms with van der Waals surface area (Å²) in [6.45, 7) is 4.73. The summed E-state index contributed by atoms with van der Waals surface area (Å²) >= 11 is 0. The highest BCUT2D eigenvalue weighted by molar-refractivity contribution is 7.47. The molecular formula is C64H123O11P. The number of allylic oxidation sites excluding steroid dienone is 2. The summed E-state index contributed by atoms with van der Waals surface area (Å²) in [7, 11) is -4.74. The molecule has 76 heavy (non-hydrogen) atoms. The van der Waals surface area contributed by atoms with Crippen LogP contribution < -0.4 is 0 Å². The number of ether oxygens (including phenoxy) is 3. The molecule has 0 aliphatic carbocycles. The normalized spacial score (nSPS) is 13.3. The molecule has 11 nitrogen and oxygen atoms in total. The van der Waals surface area contributed by atoms with Crippen molar-refractivity contribution in [3.05, 3.63) is 12.2 Å². The van der Waals surface area contributed by atoms with E-state index in [1.807, 2.05) is 0 Å². The molecule has 0 aliphatic rings. The summed E-state index contributed by atoms with van der Waals surface area (Å²) in [5, 5.41) is 9.85. The molecule has 0 spiro atoms. The van der Waals surface area contributed by atoms with Crippen molar-refractivity contribution in [1.29, 1.82) is 0 Å². The van der Waals surface area contributed by atoms with E-state index < -0.39 is 57.8 Å². The van der Waals surface area contributed by atoms with Crippen LogP contribution in [0.25, 0.3) is 0 Å². The first-order valence-electron chi connectivity index (χ1n) is 32.6. The highest BCUT2D eigenvalue weighted by Gasteiger charge is 2.28. The van der Waals surface area contributed by atoms with E-state index in [1.54, 1.807) is 0 Å². The molecule has 3 atom stereocenters. The van der Waals surface area contributed by atoms with Crippen molar-refractivity contribution in [2.75, 3.05) is 26.4 Å². The van der Waals surface area contributed by atoms with Crippen LogP contribution in [0.15, 0.2) is 12.2 Å². The summed E-state index contributed by atoms with van der Waals surface area (Å²) in [5.41, 5.74) is 0. The lowest BCUT2D eigenvalue weighted by Gasteiger charge is -2.21. The molecule has 0 amide bonds. The SMILES string of the molecule is CCCCCCCC/C=C\CCCCCCCCCC(=O)OC(COC(=O)CCCCCCCCCCCCCCCCC)COP(=O)(O)OCC(CO)OC(=O)CCCCCCCCCCCCCCCCCCC. The van der Waals surface area contributed by atoms with Crippen LogP contribution in [0.3, 0.4) is 0 Å². The molecule has 0 saturated carbocycles. The number of aliphatic hydroxyl groups excluding tert-OH is 1. The molecule has 0 aromatic heterocycles. The van der Waals surface area contributed by atoms with Crippen LogP contribution in [0.4, 0.5) is 0 Å². The van der Waals surface area contributed by atoms with Gasteiger partial charge in [0.1, 0.15) is 12.7 Å². The Morgan fingerprint density at radius 3 is 0.908 bits per heavy atom. The summed E-state index contributed by atoms with van der Waals surface area (Å²) < 4.78 is 39.7. The second kappa shape index (κ2) is 59.3. The fraction of sp³-hybridized carbons (Fsp3) is 0.922. The summed E-state index contributed by atoms with van der Waals surface area (Å²) in [6.07, 6.45) is 60.1.